The van der Waals surface area contributed by atoms with Gasteiger partial charge in [0.2, 0.25) is 0 Å². The fourth-order valence-corrected chi connectivity index (χ4v) is 4.48. The van der Waals surface area contributed by atoms with Gasteiger partial charge < -0.3 is 9.84 Å². The van der Waals surface area contributed by atoms with Gasteiger partial charge in [-0.15, -0.1) is 11.3 Å². The largest absolute Gasteiger partial charge is 0.491 e. The highest BCUT2D eigenvalue weighted by Gasteiger charge is 2.26. The maximum Gasteiger partial charge on any atom is 0.310 e. The van der Waals surface area contributed by atoms with Crippen molar-refractivity contribution in [3.05, 3.63) is 46.4 Å². The zero-order valence-corrected chi connectivity index (χ0v) is 18.1. The number of thiazole rings is 1. The summed E-state index contributed by atoms with van der Waals surface area (Å²) in [5.74, 6) is 0.0439. The number of ether oxygens (including phenoxy) is 1. The van der Waals surface area contributed by atoms with E-state index in [1.54, 1.807) is 17.4 Å². The first-order chi connectivity index (χ1) is 13.9. The van der Waals surface area contributed by atoms with Crippen molar-refractivity contribution in [3.8, 4) is 16.9 Å². The fourth-order valence-electron chi connectivity index (χ4n) is 3.54. The Morgan fingerprint density at radius 1 is 1.31 bits per heavy atom. The van der Waals surface area contributed by atoms with E-state index in [4.69, 9.17) is 16.3 Å². The minimum absolute atomic E-state index is 0.260. The minimum atomic E-state index is -0.831. The Labute approximate surface area is 179 Å². The van der Waals surface area contributed by atoms with Crippen LogP contribution < -0.4 is 4.74 Å². The summed E-state index contributed by atoms with van der Waals surface area (Å²) in [5.41, 5.74) is 5.22. The quantitative estimate of drug-likeness (QED) is 0.437. The maximum atomic E-state index is 12.0. The summed E-state index contributed by atoms with van der Waals surface area (Å²) in [5, 5.41) is 10.3. The number of rotatable bonds is 8. The van der Waals surface area contributed by atoms with Gasteiger partial charge in [0.05, 0.1) is 33.3 Å². The highest BCUT2D eigenvalue weighted by Crippen LogP contribution is 2.42. The zero-order chi connectivity index (χ0) is 20.5. The molecule has 1 unspecified atom stereocenters. The van der Waals surface area contributed by atoms with Crippen molar-refractivity contribution in [2.75, 3.05) is 6.61 Å². The molecule has 0 aliphatic heterocycles. The van der Waals surface area contributed by atoms with E-state index in [1.165, 1.54) is 12.8 Å². The number of carboxylic acids is 1. The van der Waals surface area contributed by atoms with Gasteiger partial charge in [0, 0.05) is 5.56 Å². The normalized spacial score (nSPS) is 15.0. The van der Waals surface area contributed by atoms with Crippen LogP contribution in [0.4, 0.5) is 0 Å². The van der Waals surface area contributed by atoms with Crippen molar-refractivity contribution in [1.29, 1.82) is 0 Å². The van der Waals surface area contributed by atoms with Crippen molar-refractivity contribution in [3.63, 3.8) is 0 Å². The number of benzene rings is 2. The monoisotopic (exact) mass is 429 g/mol. The molecule has 0 spiro atoms. The molecule has 0 bridgehead atoms. The lowest BCUT2D eigenvalue weighted by molar-refractivity contribution is -0.139. The van der Waals surface area contributed by atoms with Gasteiger partial charge in [-0.25, -0.2) is 4.98 Å². The minimum Gasteiger partial charge on any atom is -0.491 e. The van der Waals surface area contributed by atoms with Crippen LogP contribution in [0, 0.1) is 11.8 Å². The van der Waals surface area contributed by atoms with Crippen molar-refractivity contribution >= 4 is 39.1 Å². The third-order valence-corrected chi connectivity index (χ3v) is 6.37. The average molecular weight is 430 g/mol. The molecule has 1 fully saturated rings. The first kappa shape index (κ1) is 20.2. The van der Waals surface area contributed by atoms with E-state index in [0.29, 0.717) is 35.3 Å². The van der Waals surface area contributed by atoms with E-state index in [2.05, 4.69) is 4.98 Å². The predicted molar refractivity (Wildman–Crippen MR) is 118 cm³/mol. The van der Waals surface area contributed by atoms with Crippen LogP contribution in [-0.4, -0.2) is 22.7 Å². The standard InChI is InChI=1S/C23H24ClNO3S/c1-13(2)7-18(23(26)27)16-8-17(15-5-6-21-20(10-15)25-12-29-21)22(19(24)9-16)28-11-14-3-4-14/h5-6,8-10,12-14,18H,3-4,7,11H2,1-2H3,(H,26,27). The Kier molecular flexibility index (Phi) is 5.79. The van der Waals surface area contributed by atoms with E-state index in [0.717, 1.165) is 21.3 Å². The molecule has 152 valence electrons. The summed E-state index contributed by atoms with van der Waals surface area (Å²) in [7, 11) is 0. The molecule has 0 radical (unpaired) electrons. The Morgan fingerprint density at radius 2 is 2.10 bits per heavy atom. The second kappa shape index (κ2) is 8.33. The second-order valence-corrected chi connectivity index (χ2v) is 9.48. The molecule has 1 aromatic heterocycles. The van der Waals surface area contributed by atoms with Gasteiger partial charge in [-0.1, -0.05) is 31.5 Å². The summed E-state index contributed by atoms with van der Waals surface area (Å²) < 4.78 is 7.23. The lowest BCUT2D eigenvalue weighted by Crippen LogP contribution is -2.14. The molecule has 4 nitrogen and oxygen atoms in total. The Balaban J connectivity index is 1.81. The number of carboxylic acid groups (broad SMARTS) is 1. The molecule has 1 atom stereocenters. The molecule has 6 heteroatoms. The molecule has 1 heterocycles. The predicted octanol–water partition coefficient (Wildman–Crippen LogP) is 6.62. The first-order valence-electron chi connectivity index (χ1n) is 9.95. The molecule has 1 aliphatic carbocycles. The zero-order valence-electron chi connectivity index (χ0n) is 16.5. The third kappa shape index (κ3) is 4.57. The fraction of sp³-hybridized carbons (Fsp3) is 0.391. The highest BCUT2D eigenvalue weighted by molar-refractivity contribution is 7.16. The van der Waals surface area contributed by atoms with Gasteiger partial charge >= 0.3 is 5.97 Å². The van der Waals surface area contributed by atoms with Crippen molar-refractivity contribution in [1.82, 2.24) is 4.98 Å². The van der Waals surface area contributed by atoms with Gasteiger partial charge in [0.1, 0.15) is 5.75 Å². The molecule has 3 aromatic rings. The number of halogens is 1. The summed E-state index contributed by atoms with van der Waals surface area (Å²) in [6.07, 6.45) is 2.93. The van der Waals surface area contributed by atoms with Crippen LogP contribution in [0.3, 0.4) is 0 Å². The number of nitrogens with zero attached hydrogens (tertiary/aromatic N) is 1. The molecular formula is C23H24ClNO3S. The van der Waals surface area contributed by atoms with Crippen LogP contribution >= 0.6 is 22.9 Å². The summed E-state index contributed by atoms with van der Waals surface area (Å²) in [4.78, 5) is 16.4. The number of hydrogen-bond donors (Lipinski definition) is 1. The molecular weight excluding hydrogens is 406 g/mol. The molecule has 1 aliphatic rings. The van der Waals surface area contributed by atoms with Crippen molar-refractivity contribution in [2.24, 2.45) is 11.8 Å². The van der Waals surface area contributed by atoms with Gasteiger partial charge in [-0.05, 0) is 66.5 Å². The van der Waals surface area contributed by atoms with Crippen LogP contribution in [0.5, 0.6) is 5.75 Å². The number of aliphatic carboxylic acids is 1. The first-order valence-corrected chi connectivity index (χ1v) is 11.2. The molecule has 4 rings (SSSR count). The van der Waals surface area contributed by atoms with E-state index in [9.17, 15) is 9.90 Å². The average Bonchev–Trinajstić information content (AvgIpc) is 3.38. The van der Waals surface area contributed by atoms with Gasteiger partial charge in [-0.2, -0.15) is 0 Å². The summed E-state index contributed by atoms with van der Waals surface area (Å²) >= 11 is 8.23. The van der Waals surface area contributed by atoms with E-state index < -0.39 is 11.9 Å². The van der Waals surface area contributed by atoms with Crippen molar-refractivity contribution < 1.29 is 14.6 Å². The molecule has 1 saturated carbocycles. The molecule has 29 heavy (non-hydrogen) atoms. The molecule has 2 aromatic carbocycles. The van der Waals surface area contributed by atoms with Crippen LogP contribution in [0.2, 0.25) is 5.02 Å². The number of aromatic nitrogens is 1. The Hall–Kier alpha value is -2.11. The number of fused-ring (bicyclic) bond motifs is 1. The third-order valence-electron chi connectivity index (χ3n) is 5.28. The smallest absolute Gasteiger partial charge is 0.310 e. The van der Waals surface area contributed by atoms with Gasteiger partial charge in [-0.3, -0.25) is 4.79 Å². The second-order valence-electron chi connectivity index (χ2n) is 8.19. The lowest BCUT2D eigenvalue weighted by Gasteiger charge is -2.20. The van der Waals surface area contributed by atoms with Gasteiger partial charge in [0.25, 0.3) is 0 Å². The van der Waals surface area contributed by atoms with Gasteiger partial charge in [0.15, 0.2) is 0 Å². The summed E-state index contributed by atoms with van der Waals surface area (Å²) in [6, 6.07) is 9.77. The topological polar surface area (TPSA) is 59.4 Å². The van der Waals surface area contributed by atoms with Crippen LogP contribution in [0.15, 0.2) is 35.8 Å². The molecule has 0 saturated heterocycles. The molecule has 1 N–H and O–H groups in total. The Bertz CT molecular complexity index is 1040. The SMILES string of the molecule is CC(C)CC(C(=O)O)c1cc(Cl)c(OCC2CC2)c(-c2ccc3scnc3c2)c1. The van der Waals surface area contributed by atoms with E-state index in [1.807, 2.05) is 43.6 Å². The highest BCUT2D eigenvalue weighted by atomic mass is 35.5. The van der Waals surface area contributed by atoms with E-state index >= 15 is 0 Å². The lowest BCUT2D eigenvalue weighted by atomic mass is 9.88. The molecule has 0 amide bonds. The maximum absolute atomic E-state index is 12.0. The summed E-state index contributed by atoms with van der Waals surface area (Å²) in [6.45, 7) is 4.70. The van der Waals surface area contributed by atoms with Crippen LogP contribution in [-0.2, 0) is 4.79 Å². The van der Waals surface area contributed by atoms with Crippen LogP contribution in [0.1, 0.15) is 44.6 Å². The van der Waals surface area contributed by atoms with E-state index in [-0.39, 0.29) is 5.92 Å². The number of hydrogen-bond acceptors (Lipinski definition) is 4. The van der Waals surface area contributed by atoms with Crippen molar-refractivity contribution in [2.45, 2.75) is 39.0 Å². The number of carbonyl (C=O) groups is 1. The van der Waals surface area contributed by atoms with Crippen LogP contribution in [0.25, 0.3) is 21.3 Å². The Morgan fingerprint density at radius 3 is 2.79 bits per heavy atom.